The number of halogens is 1. The highest BCUT2D eigenvalue weighted by Gasteiger charge is 2.29. The van der Waals surface area contributed by atoms with Crippen LogP contribution in [0, 0.1) is 5.92 Å². The van der Waals surface area contributed by atoms with Gasteiger partial charge in [0, 0.05) is 19.2 Å². The van der Waals surface area contributed by atoms with Crippen LogP contribution in [0.25, 0.3) is 0 Å². The normalized spacial score (nSPS) is 20.2. The fourth-order valence-corrected chi connectivity index (χ4v) is 3.73. The van der Waals surface area contributed by atoms with E-state index in [2.05, 4.69) is 4.98 Å². The van der Waals surface area contributed by atoms with Crippen molar-refractivity contribution in [1.82, 2.24) is 9.29 Å². The number of nitrogens with two attached hydrogens (primary N) is 1. The average Bonchev–Trinajstić information content (AvgIpc) is 2.47. The van der Waals surface area contributed by atoms with Crippen LogP contribution in [0.4, 0.5) is 0 Å². The molecular formula is C12H20ClN3O3S. The van der Waals surface area contributed by atoms with Crippen LogP contribution < -0.4 is 10.5 Å². The summed E-state index contributed by atoms with van der Waals surface area (Å²) in [4.78, 5) is 4.14. The number of pyridine rings is 1. The van der Waals surface area contributed by atoms with Crippen molar-refractivity contribution in [3.05, 3.63) is 18.3 Å². The number of ether oxygens (including phenoxy) is 1. The lowest BCUT2D eigenvalue weighted by Gasteiger charge is -2.31. The second-order valence-corrected chi connectivity index (χ2v) is 6.58. The van der Waals surface area contributed by atoms with Crippen LogP contribution in [0.1, 0.15) is 12.8 Å². The first kappa shape index (κ1) is 17.2. The van der Waals surface area contributed by atoms with Crippen molar-refractivity contribution in [3.63, 3.8) is 0 Å². The van der Waals surface area contributed by atoms with E-state index in [0.29, 0.717) is 25.5 Å². The summed E-state index contributed by atoms with van der Waals surface area (Å²) in [5.41, 5.74) is 5.63. The molecule has 0 amide bonds. The zero-order valence-corrected chi connectivity index (χ0v) is 13.0. The number of rotatable bonds is 4. The Morgan fingerprint density at radius 3 is 2.80 bits per heavy atom. The van der Waals surface area contributed by atoms with Crippen molar-refractivity contribution in [2.24, 2.45) is 11.7 Å². The summed E-state index contributed by atoms with van der Waals surface area (Å²) in [6, 6.07) is 3.07. The topological polar surface area (TPSA) is 85.5 Å². The predicted molar refractivity (Wildman–Crippen MR) is 78.6 cm³/mol. The monoisotopic (exact) mass is 321 g/mol. The molecule has 6 nitrogen and oxygen atoms in total. The van der Waals surface area contributed by atoms with Crippen molar-refractivity contribution in [2.45, 2.75) is 17.7 Å². The van der Waals surface area contributed by atoms with Gasteiger partial charge in [0.2, 0.25) is 15.9 Å². The number of hydrogen-bond donors (Lipinski definition) is 1. The third-order valence-corrected chi connectivity index (χ3v) is 5.22. The Labute approximate surface area is 125 Å². The molecule has 2 rings (SSSR count). The first-order valence-electron chi connectivity index (χ1n) is 6.28. The maximum atomic E-state index is 12.5. The van der Waals surface area contributed by atoms with Gasteiger partial charge >= 0.3 is 0 Å². The van der Waals surface area contributed by atoms with Gasteiger partial charge in [0.1, 0.15) is 4.90 Å². The zero-order chi connectivity index (χ0) is 13.9. The van der Waals surface area contributed by atoms with Gasteiger partial charge in [0.25, 0.3) is 0 Å². The molecule has 114 valence electrons. The summed E-state index contributed by atoms with van der Waals surface area (Å²) in [6.07, 6.45) is 3.17. The molecule has 0 bridgehead atoms. The molecule has 1 aliphatic heterocycles. The molecule has 1 atom stereocenters. The molecule has 2 heterocycles. The van der Waals surface area contributed by atoms with Gasteiger partial charge in [-0.15, -0.1) is 12.4 Å². The van der Waals surface area contributed by atoms with Crippen molar-refractivity contribution < 1.29 is 13.2 Å². The highest BCUT2D eigenvalue weighted by molar-refractivity contribution is 7.89. The molecule has 1 aromatic rings. The minimum absolute atomic E-state index is 0. The van der Waals surface area contributed by atoms with Gasteiger partial charge in [-0.1, -0.05) is 0 Å². The second-order valence-electron chi connectivity index (χ2n) is 4.64. The van der Waals surface area contributed by atoms with Gasteiger partial charge in [0.15, 0.2) is 0 Å². The van der Waals surface area contributed by atoms with Crippen LogP contribution in [0.2, 0.25) is 0 Å². The lowest BCUT2D eigenvalue weighted by Crippen LogP contribution is -2.41. The van der Waals surface area contributed by atoms with E-state index in [0.717, 1.165) is 12.8 Å². The molecule has 20 heavy (non-hydrogen) atoms. The van der Waals surface area contributed by atoms with E-state index in [1.54, 1.807) is 6.07 Å². The maximum absolute atomic E-state index is 12.5. The Hall–Kier alpha value is -0.890. The number of nitrogens with zero attached hydrogens (tertiary/aromatic N) is 2. The third-order valence-electron chi connectivity index (χ3n) is 3.37. The number of methoxy groups -OCH3 is 1. The van der Waals surface area contributed by atoms with Crippen molar-refractivity contribution in [2.75, 3.05) is 26.7 Å². The Bertz CT molecular complexity index is 521. The standard InChI is InChI=1S/C12H19N3O3S.ClH/c1-18-12-5-4-11(8-14-12)19(16,17)15-6-2-3-10(7-13)9-15;/h4-5,8,10H,2-3,6-7,9,13H2,1H3;1H. The molecule has 1 fully saturated rings. The van der Waals surface area contributed by atoms with Gasteiger partial charge in [-0.25, -0.2) is 13.4 Å². The molecule has 0 radical (unpaired) electrons. The molecular weight excluding hydrogens is 302 g/mol. The number of hydrogen-bond acceptors (Lipinski definition) is 5. The minimum atomic E-state index is -3.47. The molecule has 0 saturated carbocycles. The smallest absolute Gasteiger partial charge is 0.244 e. The minimum Gasteiger partial charge on any atom is -0.481 e. The van der Waals surface area contributed by atoms with Gasteiger partial charge in [-0.05, 0) is 31.4 Å². The SMILES string of the molecule is COc1ccc(S(=O)(=O)N2CCCC(CN)C2)cn1.Cl. The second kappa shape index (κ2) is 7.21. The Balaban J connectivity index is 0.00000200. The Kier molecular flexibility index (Phi) is 6.19. The van der Waals surface area contributed by atoms with E-state index < -0.39 is 10.0 Å². The molecule has 8 heteroatoms. The Morgan fingerprint density at radius 1 is 1.50 bits per heavy atom. The Morgan fingerprint density at radius 2 is 2.25 bits per heavy atom. The van der Waals surface area contributed by atoms with Crippen molar-refractivity contribution >= 4 is 22.4 Å². The molecule has 1 unspecified atom stereocenters. The van der Waals surface area contributed by atoms with Gasteiger partial charge in [0.05, 0.1) is 13.3 Å². The summed E-state index contributed by atoms with van der Waals surface area (Å²) in [5.74, 6) is 0.646. The van der Waals surface area contributed by atoms with E-state index in [-0.39, 0.29) is 23.2 Å². The molecule has 2 N–H and O–H groups in total. The highest BCUT2D eigenvalue weighted by atomic mass is 35.5. The summed E-state index contributed by atoms with van der Waals surface area (Å²) >= 11 is 0. The molecule has 0 aromatic carbocycles. The molecule has 1 saturated heterocycles. The number of piperidine rings is 1. The quantitative estimate of drug-likeness (QED) is 0.889. The summed E-state index contributed by atoms with van der Waals surface area (Å²) < 4.78 is 31.3. The summed E-state index contributed by atoms with van der Waals surface area (Å²) in [7, 11) is -1.98. The van der Waals surface area contributed by atoms with Crippen LogP contribution >= 0.6 is 12.4 Å². The van der Waals surface area contributed by atoms with E-state index in [4.69, 9.17) is 10.5 Å². The zero-order valence-electron chi connectivity index (χ0n) is 11.4. The summed E-state index contributed by atoms with van der Waals surface area (Å²) in [6.45, 7) is 1.56. The first-order chi connectivity index (χ1) is 9.07. The largest absolute Gasteiger partial charge is 0.481 e. The van der Waals surface area contributed by atoms with Crippen LogP contribution in [0.15, 0.2) is 23.2 Å². The van der Waals surface area contributed by atoms with Crippen molar-refractivity contribution in [1.29, 1.82) is 0 Å². The average molecular weight is 322 g/mol. The number of sulfonamides is 1. The third kappa shape index (κ3) is 3.60. The predicted octanol–water partition coefficient (Wildman–Crippen LogP) is 0.871. The maximum Gasteiger partial charge on any atom is 0.244 e. The van der Waals surface area contributed by atoms with Crippen molar-refractivity contribution in [3.8, 4) is 5.88 Å². The molecule has 1 aliphatic rings. The molecule has 0 spiro atoms. The van der Waals surface area contributed by atoms with Gasteiger partial charge < -0.3 is 10.5 Å². The molecule has 0 aliphatic carbocycles. The van der Waals surface area contributed by atoms with Crippen LogP contribution in [-0.4, -0.2) is 44.5 Å². The van der Waals surface area contributed by atoms with E-state index in [9.17, 15) is 8.42 Å². The first-order valence-corrected chi connectivity index (χ1v) is 7.72. The van der Waals surface area contributed by atoms with Gasteiger partial charge in [-0.2, -0.15) is 4.31 Å². The molecule has 1 aromatic heterocycles. The number of aromatic nitrogens is 1. The fourth-order valence-electron chi connectivity index (χ4n) is 2.23. The van der Waals surface area contributed by atoms with Crippen LogP contribution in [0.3, 0.4) is 0 Å². The lowest BCUT2D eigenvalue weighted by molar-refractivity contribution is 0.271. The highest BCUT2D eigenvalue weighted by Crippen LogP contribution is 2.23. The van der Waals surface area contributed by atoms with E-state index >= 15 is 0 Å². The summed E-state index contributed by atoms with van der Waals surface area (Å²) in [5, 5.41) is 0. The van der Waals surface area contributed by atoms with Gasteiger partial charge in [-0.3, -0.25) is 0 Å². The fraction of sp³-hybridized carbons (Fsp3) is 0.583. The lowest BCUT2D eigenvalue weighted by atomic mass is 10.0. The van der Waals surface area contributed by atoms with E-state index in [1.807, 2.05) is 0 Å². The van der Waals surface area contributed by atoms with Crippen LogP contribution in [-0.2, 0) is 10.0 Å². The van der Waals surface area contributed by atoms with Crippen LogP contribution in [0.5, 0.6) is 5.88 Å². The van der Waals surface area contributed by atoms with E-state index in [1.165, 1.54) is 23.7 Å².